The topological polar surface area (TPSA) is 35.6 Å². The number of benzene rings is 2. The molecule has 27 heavy (non-hydrogen) atoms. The molecule has 1 aliphatic heterocycles. The molecule has 0 aromatic heterocycles. The molecule has 2 aromatic carbocycles. The van der Waals surface area contributed by atoms with Crippen LogP contribution in [0.15, 0.2) is 36.4 Å². The first-order chi connectivity index (χ1) is 13.0. The smallest absolute Gasteiger partial charge is 0.255 e. The van der Waals surface area contributed by atoms with Gasteiger partial charge in [0.2, 0.25) is 0 Å². The molecule has 1 aliphatic carbocycles. The van der Waals surface area contributed by atoms with E-state index in [1.807, 2.05) is 24.3 Å². The van der Waals surface area contributed by atoms with Crippen molar-refractivity contribution in [2.45, 2.75) is 32.7 Å². The third-order valence-electron chi connectivity index (χ3n) is 6.19. The van der Waals surface area contributed by atoms with Crippen LogP contribution in [-0.4, -0.2) is 48.9 Å². The van der Waals surface area contributed by atoms with Gasteiger partial charge in [-0.3, -0.25) is 9.69 Å². The highest BCUT2D eigenvalue weighted by Crippen LogP contribution is 2.36. The number of amides is 1. The van der Waals surface area contributed by atoms with E-state index in [-0.39, 0.29) is 5.91 Å². The maximum absolute atomic E-state index is 12.7. The van der Waals surface area contributed by atoms with Gasteiger partial charge in [-0.2, -0.15) is 0 Å². The lowest BCUT2D eigenvalue weighted by atomic mass is 10.0. The summed E-state index contributed by atoms with van der Waals surface area (Å²) < 4.78 is 0. The standard InChI is InChI=1S/C23H29N3O/c1-16-4-7-20(14-17(16)2)24-23(27)19-5-8-21-18(15-19)6-9-22(21)26-12-10-25(3)11-13-26/h4-5,7-8,14-15,22H,6,9-13H2,1-3H3,(H,24,27)/t22-/m0/s1. The zero-order valence-electron chi connectivity index (χ0n) is 16.6. The van der Waals surface area contributed by atoms with Gasteiger partial charge in [0.05, 0.1) is 0 Å². The average molecular weight is 364 g/mol. The largest absolute Gasteiger partial charge is 0.322 e. The predicted octanol–water partition coefficient (Wildman–Crippen LogP) is 3.79. The Morgan fingerprint density at radius 2 is 1.78 bits per heavy atom. The highest BCUT2D eigenvalue weighted by atomic mass is 16.1. The number of carbonyl (C=O) groups is 1. The second-order valence-electron chi connectivity index (χ2n) is 8.06. The first-order valence-corrected chi connectivity index (χ1v) is 9.95. The van der Waals surface area contributed by atoms with E-state index in [2.05, 4.69) is 48.1 Å². The van der Waals surface area contributed by atoms with Crippen LogP contribution in [0.3, 0.4) is 0 Å². The molecular formula is C23H29N3O. The zero-order valence-corrected chi connectivity index (χ0v) is 16.6. The number of aryl methyl sites for hydroxylation is 3. The number of carbonyl (C=O) groups excluding carboxylic acids is 1. The van der Waals surface area contributed by atoms with Crippen LogP contribution < -0.4 is 5.32 Å². The van der Waals surface area contributed by atoms with E-state index in [1.54, 1.807) is 0 Å². The van der Waals surface area contributed by atoms with E-state index in [0.29, 0.717) is 6.04 Å². The van der Waals surface area contributed by atoms with Gasteiger partial charge < -0.3 is 10.2 Å². The van der Waals surface area contributed by atoms with Gasteiger partial charge in [-0.15, -0.1) is 0 Å². The minimum atomic E-state index is -0.0240. The Morgan fingerprint density at radius 3 is 2.52 bits per heavy atom. The fourth-order valence-corrected chi connectivity index (χ4v) is 4.27. The first-order valence-electron chi connectivity index (χ1n) is 9.95. The summed E-state index contributed by atoms with van der Waals surface area (Å²) in [7, 11) is 2.19. The highest BCUT2D eigenvalue weighted by molar-refractivity contribution is 6.04. The van der Waals surface area contributed by atoms with Crippen LogP contribution in [0.25, 0.3) is 0 Å². The second-order valence-corrected chi connectivity index (χ2v) is 8.06. The summed E-state index contributed by atoms with van der Waals surface area (Å²) in [5.74, 6) is -0.0240. The van der Waals surface area contributed by atoms with Crippen molar-refractivity contribution in [3.05, 3.63) is 64.2 Å². The van der Waals surface area contributed by atoms with Gasteiger partial charge in [0, 0.05) is 43.5 Å². The number of nitrogens with zero attached hydrogens (tertiary/aromatic N) is 2. The number of rotatable bonds is 3. The molecule has 4 heteroatoms. The van der Waals surface area contributed by atoms with Crippen LogP contribution >= 0.6 is 0 Å². The Bertz CT molecular complexity index is 853. The molecule has 1 fully saturated rings. The summed E-state index contributed by atoms with van der Waals surface area (Å²) in [5, 5.41) is 3.04. The quantitative estimate of drug-likeness (QED) is 0.901. The molecule has 1 amide bonds. The van der Waals surface area contributed by atoms with E-state index < -0.39 is 0 Å². The Kier molecular flexibility index (Phi) is 5.02. The molecule has 0 unspecified atom stereocenters. The van der Waals surface area contributed by atoms with E-state index in [9.17, 15) is 4.79 Å². The number of hydrogen-bond acceptors (Lipinski definition) is 3. The third kappa shape index (κ3) is 3.78. The van der Waals surface area contributed by atoms with E-state index in [4.69, 9.17) is 0 Å². The van der Waals surface area contributed by atoms with Gasteiger partial charge >= 0.3 is 0 Å². The molecule has 1 atom stereocenters. The van der Waals surface area contributed by atoms with Gasteiger partial charge in [-0.25, -0.2) is 0 Å². The minimum Gasteiger partial charge on any atom is -0.322 e. The maximum Gasteiger partial charge on any atom is 0.255 e. The van der Waals surface area contributed by atoms with Crippen LogP contribution in [0.5, 0.6) is 0 Å². The van der Waals surface area contributed by atoms with Crippen LogP contribution in [0.2, 0.25) is 0 Å². The highest BCUT2D eigenvalue weighted by Gasteiger charge is 2.30. The monoisotopic (exact) mass is 363 g/mol. The number of hydrogen-bond donors (Lipinski definition) is 1. The van der Waals surface area contributed by atoms with Crippen molar-refractivity contribution in [3.63, 3.8) is 0 Å². The molecular weight excluding hydrogens is 334 g/mol. The number of fused-ring (bicyclic) bond motifs is 1. The molecule has 0 saturated carbocycles. The summed E-state index contributed by atoms with van der Waals surface area (Å²) in [6.45, 7) is 8.70. The van der Waals surface area contributed by atoms with Crippen LogP contribution in [0, 0.1) is 13.8 Å². The van der Waals surface area contributed by atoms with E-state index in [1.165, 1.54) is 28.7 Å². The molecule has 1 heterocycles. The normalized spacial score (nSPS) is 20.5. The van der Waals surface area contributed by atoms with Crippen molar-refractivity contribution < 1.29 is 4.79 Å². The van der Waals surface area contributed by atoms with Gasteiger partial charge in [-0.05, 0) is 80.3 Å². The maximum atomic E-state index is 12.7. The first kappa shape index (κ1) is 18.2. The molecule has 0 spiro atoms. The fourth-order valence-electron chi connectivity index (χ4n) is 4.27. The van der Waals surface area contributed by atoms with Crippen molar-refractivity contribution in [3.8, 4) is 0 Å². The minimum absolute atomic E-state index is 0.0240. The summed E-state index contributed by atoms with van der Waals surface area (Å²) in [5.41, 5.74) is 6.80. The van der Waals surface area contributed by atoms with E-state index in [0.717, 1.165) is 43.9 Å². The number of nitrogens with one attached hydrogen (secondary N) is 1. The lowest BCUT2D eigenvalue weighted by Gasteiger charge is -2.36. The summed E-state index contributed by atoms with van der Waals surface area (Å²) in [4.78, 5) is 17.7. The van der Waals surface area contributed by atoms with Crippen LogP contribution in [0.4, 0.5) is 5.69 Å². The van der Waals surface area contributed by atoms with Crippen LogP contribution in [-0.2, 0) is 6.42 Å². The third-order valence-corrected chi connectivity index (χ3v) is 6.19. The summed E-state index contributed by atoms with van der Waals surface area (Å²) >= 11 is 0. The average Bonchev–Trinajstić information content (AvgIpc) is 3.08. The van der Waals surface area contributed by atoms with Crippen molar-refractivity contribution in [2.24, 2.45) is 0 Å². The number of likely N-dealkylation sites (N-methyl/N-ethyl adjacent to an activating group) is 1. The Labute approximate surface area is 162 Å². The van der Waals surface area contributed by atoms with Crippen molar-refractivity contribution in [1.82, 2.24) is 9.80 Å². The second kappa shape index (κ2) is 7.45. The molecule has 142 valence electrons. The van der Waals surface area contributed by atoms with Crippen molar-refractivity contribution >= 4 is 11.6 Å². The molecule has 0 bridgehead atoms. The lowest BCUT2D eigenvalue weighted by Crippen LogP contribution is -2.45. The lowest BCUT2D eigenvalue weighted by molar-refractivity contribution is 0.102. The summed E-state index contributed by atoms with van der Waals surface area (Å²) in [6.07, 6.45) is 2.23. The van der Waals surface area contributed by atoms with Gasteiger partial charge in [0.25, 0.3) is 5.91 Å². The zero-order chi connectivity index (χ0) is 19.0. The van der Waals surface area contributed by atoms with Crippen molar-refractivity contribution in [2.75, 3.05) is 38.5 Å². The van der Waals surface area contributed by atoms with Crippen LogP contribution in [0.1, 0.15) is 45.1 Å². The Balaban J connectivity index is 1.48. The summed E-state index contributed by atoms with van der Waals surface area (Å²) in [6, 6.07) is 12.8. The molecule has 4 nitrogen and oxygen atoms in total. The molecule has 2 aliphatic rings. The molecule has 1 N–H and O–H groups in total. The van der Waals surface area contributed by atoms with Gasteiger partial charge in [0.15, 0.2) is 0 Å². The van der Waals surface area contributed by atoms with Gasteiger partial charge in [-0.1, -0.05) is 12.1 Å². The SMILES string of the molecule is Cc1ccc(NC(=O)c2ccc3c(c2)CC[C@@H]3N2CCN(C)CC2)cc1C. The molecule has 2 aromatic rings. The number of anilines is 1. The predicted molar refractivity (Wildman–Crippen MR) is 110 cm³/mol. The van der Waals surface area contributed by atoms with Crippen molar-refractivity contribution in [1.29, 1.82) is 0 Å². The molecule has 1 saturated heterocycles. The number of piperazine rings is 1. The fraction of sp³-hybridized carbons (Fsp3) is 0.435. The molecule has 4 rings (SSSR count). The Hall–Kier alpha value is -2.17. The molecule has 0 radical (unpaired) electrons. The Morgan fingerprint density at radius 1 is 1.00 bits per heavy atom. The van der Waals surface area contributed by atoms with Gasteiger partial charge in [0.1, 0.15) is 0 Å². The van der Waals surface area contributed by atoms with E-state index >= 15 is 0 Å².